The number of phenolic OH excluding ortho intramolecular Hbond substituents is 2. The number of phenols is 2. The van der Waals surface area contributed by atoms with Crippen molar-refractivity contribution in [2.75, 3.05) is 19.7 Å². The topological polar surface area (TPSA) is 70.0 Å². The molecule has 3 rings (SSSR count). The zero-order chi connectivity index (χ0) is 18.7. The van der Waals surface area contributed by atoms with Gasteiger partial charge < -0.3 is 19.8 Å². The van der Waals surface area contributed by atoms with Crippen molar-refractivity contribution in [3.05, 3.63) is 59.4 Å². The van der Waals surface area contributed by atoms with Gasteiger partial charge >= 0.3 is 0 Å². The van der Waals surface area contributed by atoms with Crippen molar-refractivity contribution in [1.82, 2.24) is 4.90 Å². The van der Waals surface area contributed by atoms with E-state index in [2.05, 4.69) is 0 Å². The highest BCUT2D eigenvalue weighted by molar-refractivity contribution is 5.79. The van der Waals surface area contributed by atoms with Gasteiger partial charge in [-0.2, -0.15) is 0 Å². The lowest BCUT2D eigenvalue weighted by Gasteiger charge is -2.34. The Balaban J connectivity index is 1.66. The van der Waals surface area contributed by atoms with E-state index in [0.29, 0.717) is 31.7 Å². The van der Waals surface area contributed by atoms with E-state index in [4.69, 9.17) is 4.74 Å². The van der Waals surface area contributed by atoms with Crippen molar-refractivity contribution in [2.24, 2.45) is 5.92 Å². The van der Waals surface area contributed by atoms with Gasteiger partial charge in [0.15, 0.2) is 11.5 Å². The largest absolute Gasteiger partial charge is 0.504 e. The molecule has 1 heterocycles. The van der Waals surface area contributed by atoms with Crippen LogP contribution < -0.4 is 0 Å². The molecule has 1 saturated heterocycles. The van der Waals surface area contributed by atoms with Crippen LogP contribution in [0.4, 0.5) is 4.39 Å². The van der Waals surface area contributed by atoms with Crippen LogP contribution >= 0.6 is 0 Å². The minimum atomic E-state index is -0.473. The molecular formula is C20H22FNO4. The first kappa shape index (κ1) is 18.2. The van der Waals surface area contributed by atoms with E-state index in [1.807, 2.05) is 6.92 Å². The zero-order valence-corrected chi connectivity index (χ0v) is 14.6. The fourth-order valence-electron chi connectivity index (χ4n) is 3.22. The average Bonchev–Trinajstić information content (AvgIpc) is 2.64. The third-order valence-corrected chi connectivity index (χ3v) is 4.63. The first-order valence-electron chi connectivity index (χ1n) is 8.61. The summed E-state index contributed by atoms with van der Waals surface area (Å²) in [5.41, 5.74) is 1.22. The minimum Gasteiger partial charge on any atom is -0.504 e. The van der Waals surface area contributed by atoms with Crippen LogP contribution in [0.15, 0.2) is 42.5 Å². The number of aromatic hydroxyl groups is 2. The van der Waals surface area contributed by atoms with E-state index in [1.54, 1.807) is 29.2 Å². The molecule has 2 aromatic rings. The number of carbonyl (C=O) groups excluding carboxylic acids is 1. The summed E-state index contributed by atoms with van der Waals surface area (Å²) in [7, 11) is 0. The Kier molecular flexibility index (Phi) is 5.42. The van der Waals surface area contributed by atoms with Crippen molar-refractivity contribution >= 4 is 5.91 Å². The third-order valence-electron chi connectivity index (χ3n) is 4.63. The Hall–Kier alpha value is -2.60. The molecule has 0 bridgehead atoms. The number of hydrogen-bond acceptors (Lipinski definition) is 4. The van der Waals surface area contributed by atoms with Gasteiger partial charge in [-0.15, -0.1) is 0 Å². The van der Waals surface area contributed by atoms with Crippen LogP contribution in [0.25, 0.3) is 0 Å². The third kappa shape index (κ3) is 3.96. The molecule has 5 nitrogen and oxygen atoms in total. The molecule has 2 unspecified atom stereocenters. The van der Waals surface area contributed by atoms with E-state index >= 15 is 0 Å². The molecule has 2 atom stereocenters. The summed E-state index contributed by atoms with van der Waals surface area (Å²) >= 11 is 0. The van der Waals surface area contributed by atoms with Crippen molar-refractivity contribution in [3.8, 4) is 11.5 Å². The van der Waals surface area contributed by atoms with Gasteiger partial charge in [-0.3, -0.25) is 4.79 Å². The Morgan fingerprint density at radius 1 is 1.27 bits per heavy atom. The van der Waals surface area contributed by atoms with Crippen molar-refractivity contribution in [3.63, 3.8) is 0 Å². The molecule has 0 spiro atoms. The number of halogens is 1. The molecule has 1 aliphatic rings. The minimum absolute atomic E-state index is 0.0396. The molecule has 138 valence electrons. The second-order valence-corrected chi connectivity index (χ2v) is 6.59. The Labute approximate surface area is 151 Å². The second kappa shape index (κ2) is 7.74. The van der Waals surface area contributed by atoms with Crippen LogP contribution in [0.1, 0.15) is 24.2 Å². The normalized spacial score (nSPS) is 18.5. The summed E-state index contributed by atoms with van der Waals surface area (Å²) in [5, 5.41) is 19.0. The maximum atomic E-state index is 14.0. The van der Waals surface area contributed by atoms with E-state index in [-0.39, 0.29) is 29.1 Å². The summed E-state index contributed by atoms with van der Waals surface area (Å²) in [6.07, 6.45) is -0.0344. The molecule has 0 aliphatic carbocycles. The lowest BCUT2D eigenvalue weighted by atomic mass is 9.98. The molecular weight excluding hydrogens is 337 g/mol. The molecule has 2 aromatic carbocycles. The van der Waals surface area contributed by atoms with Crippen LogP contribution in [-0.2, 0) is 16.0 Å². The van der Waals surface area contributed by atoms with Crippen LogP contribution in [0.5, 0.6) is 11.5 Å². The molecule has 2 N–H and O–H groups in total. The van der Waals surface area contributed by atoms with Crippen LogP contribution in [-0.4, -0.2) is 40.7 Å². The molecule has 26 heavy (non-hydrogen) atoms. The first-order chi connectivity index (χ1) is 12.5. The summed E-state index contributed by atoms with van der Waals surface area (Å²) in [5.74, 6) is -1.07. The molecule has 0 radical (unpaired) electrons. The number of morpholine rings is 1. The van der Waals surface area contributed by atoms with E-state index in [0.717, 1.165) is 5.56 Å². The van der Waals surface area contributed by atoms with Crippen LogP contribution in [0.3, 0.4) is 0 Å². The smallest absolute Gasteiger partial charge is 0.225 e. The lowest BCUT2D eigenvalue weighted by Crippen LogP contribution is -2.45. The fourth-order valence-corrected chi connectivity index (χ4v) is 3.22. The van der Waals surface area contributed by atoms with Gasteiger partial charge in [0.1, 0.15) is 11.9 Å². The SMILES string of the molecule is CC(Cc1ccc(O)c(O)c1)C(=O)N1CCOC(c2ccccc2F)C1. The highest BCUT2D eigenvalue weighted by Crippen LogP contribution is 2.28. The number of carbonyl (C=O) groups is 1. The van der Waals surface area contributed by atoms with Crippen molar-refractivity contribution < 1.29 is 24.1 Å². The molecule has 1 aliphatic heterocycles. The van der Waals surface area contributed by atoms with E-state index in [9.17, 15) is 19.4 Å². The second-order valence-electron chi connectivity index (χ2n) is 6.59. The van der Waals surface area contributed by atoms with Crippen LogP contribution in [0.2, 0.25) is 0 Å². The molecule has 6 heteroatoms. The van der Waals surface area contributed by atoms with E-state index in [1.165, 1.54) is 18.2 Å². The molecule has 1 amide bonds. The number of rotatable bonds is 4. The monoisotopic (exact) mass is 359 g/mol. The Morgan fingerprint density at radius 2 is 2.04 bits per heavy atom. The fraction of sp³-hybridized carbons (Fsp3) is 0.350. The van der Waals surface area contributed by atoms with E-state index < -0.39 is 6.10 Å². The average molecular weight is 359 g/mol. The highest BCUT2D eigenvalue weighted by Gasteiger charge is 2.29. The van der Waals surface area contributed by atoms with Gasteiger partial charge in [0.05, 0.1) is 13.2 Å². The highest BCUT2D eigenvalue weighted by atomic mass is 19.1. The Morgan fingerprint density at radius 3 is 2.77 bits per heavy atom. The summed E-state index contributed by atoms with van der Waals surface area (Å²) in [4.78, 5) is 14.5. The molecule has 1 fully saturated rings. The summed E-state index contributed by atoms with van der Waals surface area (Å²) in [6, 6.07) is 11.0. The maximum Gasteiger partial charge on any atom is 0.225 e. The molecule has 0 aromatic heterocycles. The summed E-state index contributed by atoms with van der Waals surface area (Å²) in [6.45, 7) is 2.96. The predicted molar refractivity (Wildman–Crippen MR) is 94.3 cm³/mol. The van der Waals surface area contributed by atoms with Gasteiger partial charge in [0.25, 0.3) is 0 Å². The zero-order valence-electron chi connectivity index (χ0n) is 14.6. The van der Waals surface area contributed by atoms with Crippen molar-refractivity contribution in [1.29, 1.82) is 0 Å². The van der Waals surface area contributed by atoms with Gasteiger partial charge in [-0.1, -0.05) is 31.2 Å². The van der Waals surface area contributed by atoms with Gasteiger partial charge in [-0.05, 0) is 30.2 Å². The summed E-state index contributed by atoms with van der Waals surface area (Å²) < 4.78 is 19.6. The maximum absolute atomic E-state index is 14.0. The Bertz CT molecular complexity index is 795. The predicted octanol–water partition coefficient (Wildman–Crippen LogP) is 3.02. The number of amides is 1. The number of ether oxygens (including phenoxy) is 1. The van der Waals surface area contributed by atoms with Gasteiger partial charge in [0.2, 0.25) is 5.91 Å². The van der Waals surface area contributed by atoms with Crippen LogP contribution in [0, 0.1) is 11.7 Å². The standard InChI is InChI=1S/C20H22FNO4/c1-13(10-14-6-7-17(23)18(24)11-14)20(25)22-8-9-26-19(12-22)15-4-2-3-5-16(15)21/h2-7,11,13,19,23-24H,8-10,12H2,1H3. The van der Waals surface area contributed by atoms with Gasteiger partial charge in [-0.25, -0.2) is 4.39 Å². The number of nitrogens with zero attached hydrogens (tertiary/aromatic N) is 1. The van der Waals surface area contributed by atoms with Gasteiger partial charge in [0, 0.05) is 18.0 Å². The quantitative estimate of drug-likeness (QED) is 0.824. The van der Waals surface area contributed by atoms with Crippen molar-refractivity contribution in [2.45, 2.75) is 19.4 Å². The lowest BCUT2D eigenvalue weighted by molar-refractivity contribution is -0.142. The first-order valence-corrected chi connectivity index (χ1v) is 8.61. The number of hydrogen-bond donors (Lipinski definition) is 2. The molecule has 0 saturated carbocycles. The number of benzene rings is 2.